The van der Waals surface area contributed by atoms with E-state index in [2.05, 4.69) is 20.3 Å². The van der Waals surface area contributed by atoms with E-state index in [1.165, 1.54) is 0 Å². The smallest absolute Gasteiger partial charge is 0.264 e. The molecule has 0 radical (unpaired) electrons. The molecule has 176 valence electrons. The van der Waals surface area contributed by atoms with Crippen molar-refractivity contribution < 1.29 is 4.74 Å². The summed E-state index contributed by atoms with van der Waals surface area (Å²) in [6, 6.07) is 11.6. The number of rotatable bonds is 4. The van der Waals surface area contributed by atoms with E-state index in [0.717, 1.165) is 27.8 Å². The first kappa shape index (κ1) is 21.2. The molecule has 0 saturated carbocycles. The van der Waals surface area contributed by atoms with E-state index in [1.54, 1.807) is 28.7 Å². The molecule has 10 nitrogen and oxygen atoms in total. The van der Waals surface area contributed by atoms with Gasteiger partial charge in [0.05, 0.1) is 29.9 Å². The van der Waals surface area contributed by atoms with Crippen molar-refractivity contribution in [2.24, 2.45) is 14.1 Å². The number of aromatic nitrogens is 6. The lowest BCUT2D eigenvalue weighted by Gasteiger charge is -2.27. The molecule has 5 heterocycles. The van der Waals surface area contributed by atoms with Gasteiger partial charge in [0, 0.05) is 62.4 Å². The zero-order chi connectivity index (χ0) is 23.9. The number of hydrogen-bond acceptors (Lipinski definition) is 8. The third-order valence-corrected chi connectivity index (χ3v) is 6.28. The molecule has 1 fully saturated rings. The Balaban J connectivity index is 1.65. The minimum absolute atomic E-state index is 0.164. The second kappa shape index (κ2) is 8.48. The van der Waals surface area contributed by atoms with Crippen LogP contribution in [-0.2, 0) is 18.8 Å². The van der Waals surface area contributed by atoms with Gasteiger partial charge < -0.3 is 19.5 Å². The van der Waals surface area contributed by atoms with Crippen LogP contribution < -0.4 is 15.8 Å². The number of hydrogen-bond donors (Lipinski definition) is 1. The molecule has 1 saturated heterocycles. The van der Waals surface area contributed by atoms with Gasteiger partial charge in [-0.3, -0.25) is 14.5 Å². The average Bonchev–Trinajstić information content (AvgIpc) is 3.34. The van der Waals surface area contributed by atoms with Gasteiger partial charge in [0.25, 0.3) is 5.56 Å². The summed E-state index contributed by atoms with van der Waals surface area (Å²) in [5.74, 6) is 1.03. The summed E-state index contributed by atoms with van der Waals surface area (Å²) < 4.78 is 8.94. The molecular weight excluding hydrogens is 444 g/mol. The Morgan fingerprint density at radius 3 is 2.54 bits per heavy atom. The first-order chi connectivity index (χ1) is 17.1. The van der Waals surface area contributed by atoms with Gasteiger partial charge >= 0.3 is 0 Å². The molecule has 0 amide bonds. The third-order valence-electron chi connectivity index (χ3n) is 6.28. The maximum absolute atomic E-state index is 13.6. The third kappa shape index (κ3) is 3.77. The fourth-order valence-corrected chi connectivity index (χ4v) is 4.44. The monoisotopic (exact) mass is 468 g/mol. The Kier molecular flexibility index (Phi) is 5.14. The number of nitrogens with zero attached hydrogens (tertiary/aromatic N) is 7. The van der Waals surface area contributed by atoms with Gasteiger partial charge in [-0.25, -0.2) is 4.98 Å². The van der Waals surface area contributed by atoms with E-state index in [1.807, 2.05) is 49.6 Å². The summed E-state index contributed by atoms with van der Waals surface area (Å²) in [5, 5.41) is 9.18. The van der Waals surface area contributed by atoms with E-state index in [-0.39, 0.29) is 5.56 Å². The van der Waals surface area contributed by atoms with Gasteiger partial charge in [0.15, 0.2) is 0 Å². The molecular formula is C25H24N8O2. The number of nitrogens with one attached hydrogen (secondary N) is 1. The molecule has 4 aromatic heterocycles. The van der Waals surface area contributed by atoms with Crippen molar-refractivity contribution in [3.05, 3.63) is 65.3 Å². The van der Waals surface area contributed by atoms with Gasteiger partial charge in [-0.2, -0.15) is 10.1 Å². The molecule has 0 aliphatic carbocycles. The Hall–Kier alpha value is -4.31. The highest BCUT2D eigenvalue weighted by molar-refractivity contribution is 6.08. The predicted molar refractivity (Wildman–Crippen MR) is 135 cm³/mol. The molecule has 35 heavy (non-hydrogen) atoms. The van der Waals surface area contributed by atoms with Crippen molar-refractivity contribution in [1.82, 2.24) is 29.3 Å². The van der Waals surface area contributed by atoms with Crippen LogP contribution >= 0.6 is 0 Å². The number of ether oxygens (including phenoxy) is 1. The van der Waals surface area contributed by atoms with Crippen molar-refractivity contribution in [2.75, 3.05) is 36.5 Å². The summed E-state index contributed by atoms with van der Waals surface area (Å²) in [6.45, 7) is 2.58. The zero-order valence-electron chi connectivity index (χ0n) is 19.5. The number of anilines is 3. The van der Waals surface area contributed by atoms with Crippen LogP contribution in [0.3, 0.4) is 0 Å². The van der Waals surface area contributed by atoms with Gasteiger partial charge in [0.2, 0.25) is 5.95 Å². The largest absolute Gasteiger partial charge is 0.378 e. The molecule has 0 atom stereocenters. The Morgan fingerprint density at radius 2 is 1.80 bits per heavy atom. The molecule has 5 aromatic rings. The Morgan fingerprint density at radius 1 is 1.00 bits per heavy atom. The summed E-state index contributed by atoms with van der Waals surface area (Å²) >= 11 is 0. The maximum atomic E-state index is 13.6. The number of fused-ring (bicyclic) bond motifs is 3. The number of morpholine rings is 1. The van der Waals surface area contributed by atoms with Crippen LogP contribution in [0.5, 0.6) is 0 Å². The fourth-order valence-electron chi connectivity index (χ4n) is 4.44. The normalized spacial score (nSPS) is 14.1. The van der Waals surface area contributed by atoms with Crippen LogP contribution in [0.15, 0.2) is 59.8 Å². The topological polar surface area (TPSA) is 103 Å². The number of benzene rings is 1. The van der Waals surface area contributed by atoms with Crippen LogP contribution in [0.4, 0.5) is 17.5 Å². The van der Waals surface area contributed by atoms with E-state index >= 15 is 0 Å². The highest BCUT2D eigenvalue weighted by atomic mass is 16.5. The van der Waals surface area contributed by atoms with Crippen LogP contribution in [0.25, 0.3) is 33.1 Å². The molecule has 1 aliphatic rings. The second-order valence-corrected chi connectivity index (χ2v) is 8.53. The number of pyridine rings is 2. The van der Waals surface area contributed by atoms with Crippen LogP contribution in [0.1, 0.15) is 0 Å². The van der Waals surface area contributed by atoms with Crippen molar-refractivity contribution >= 4 is 39.3 Å². The summed E-state index contributed by atoms with van der Waals surface area (Å²) in [7, 11) is 3.67. The van der Waals surface area contributed by atoms with Crippen molar-refractivity contribution in [3.63, 3.8) is 0 Å². The van der Waals surface area contributed by atoms with Gasteiger partial charge in [0.1, 0.15) is 11.2 Å². The molecule has 1 aliphatic heterocycles. The maximum Gasteiger partial charge on any atom is 0.264 e. The Labute approximate surface area is 200 Å². The molecule has 0 spiro atoms. The molecule has 6 rings (SSSR count). The molecule has 1 N–H and O–H groups in total. The van der Waals surface area contributed by atoms with Crippen molar-refractivity contribution in [2.45, 2.75) is 0 Å². The molecule has 1 aromatic carbocycles. The summed E-state index contributed by atoms with van der Waals surface area (Å²) in [4.78, 5) is 29.5. The van der Waals surface area contributed by atoms with Crippen LogP contribution in [-0.4, -0.2) is 55.6 Å². The molecule has 0 unspecified atom stereocenters. The fraction of sp³-hybridized carbons (Fsp3) is 0.240. The quantitative estimate of drug-likeness (QED) is 0.402. The first-order valence-electron chi connectivity index (χ1n) is 11.4. The van der Waals surface area contributed by atoms with E-state index in [9.17, 15) is 4.79 Å². The second-order valence-electron chi connectivity index (χ2n) is 8.53. The zero-order valence-corrected chi connectivity index (χ0v) is 19.5. The minimum atomic E-state index is -0.164. The summed E-state index contributed by atoms with van der Waals surface area (Å²) in [5.41, 5.74) is 3.83. The summed E-state index contributed by atoms with van der Waals surface area (Å²) in [6.07, 6.45) is 5.30. The van der Waals surface area contributed by atoms with Crippen molar-refractivity contribution in [1.29, 1.82) is 0 Å². The minimum Gasteiger partial charge on any atom is -0.378 e. The lowest BCUT2D eigenvalue weighted by Crippen LogP contribution is -2.37. The van der Waals surface area contributed by atoms with Crippen molar-refractivity contribution in [3.8, 4) is 11.3 Å². The highest BCUT2D eigenvalue weighted by Gasteiger charge is 2.21. The van der Waals surface area contributed by atoms with E-state index in [0.29, 0.717) is 49.0 Å². The first-order valence-corrected chi connectivity index (χ1v) is 11.4. The van der Waals surface area contributed by atoms with E-state index < -0.39 is 0 Å². The van der Waals surface area contributed by atoms with Gasteiger partial charge in [-0.05, 0) is 30.3 Å². The van der Waals surface area contributed by atoms with Crippen LogP contribution in [0, 0.1) is 0 Å². The molecule has 0 bridgehead atoms. The van der Waals surface area contributed by atoms with E-state index in [4.69, 9.17) is 14.7 Å². The van der Waals surface area contributed by atoms with Crippen LogP contribution in [0.2, 0.25) is 0 Å². The molecule has 10 heteroatoms. The Bertz CT molecular complexity index is 1600. The number of aryl methyl sites for hydroxylation is 2. The lowest BCUT2D eigenvalue weighted by molar-refractivity contribution is 0.122. The van der Waals surface area contributed by atoms with Gasteiger partial charge in [-0.15, -0.1) is 0 Å². The van der Waals surface area contributed by atoms with Gasteiger partial charge in [-0.1, -0.05) is 6.07 Å². The highest BCUT2D eigenvalue weighted by Crippen LogP contribution is 2.31. The SMILES string of the molecule is Cn1ccc(-c2ccc3c(c2)c2nc(N4CCOCC4)nc(Nc4ccncc4)c2c(=O)n3C)n1. The lowest BCUT2D eigenvalue weighted by atomic mass is 10.1. The average molecular weight is 469 g/mol. The standard InChI is InChI=1S/C25H24N8O2/c1-31-10-7-19(30-31)16-3-4-20-18(15-16)22-21(24(34)32(20)2)23(27-17-5-8-26-9-6-17)29-25(28-22)33-11-13-35-14-12-33/h3-10,15H,11-14H2,1-2H3,(H,26,27,28,29). The predicted octanol–water partition coefficient (Wildman–Crippen LogP) is 2.86.